The summed E-state index contributed by atoms with van der Waals surface area (Å²) in [5, 5.41) is 101. The molecule has 15 atom stereocenters. The second-order valence-corrected chi connectivity index (χ2v) is 10.6. The molecule has 0 aliphatic carbocycles. The fraction of sp³-hybridized carbons (Fsp3) is 1.00. The molecule has 3 saturated heterocycles. The molecule has 3 fully saturated rings. The van der Waals surface area contributed by atoms with E-state index in [1.165, 1.54) is 0 Å². The van der Waals surface area contributed by atoms with Crippen LogP contribution in [0.2, 0.25) is 0 Å². The van der Waals surface area contributed by atoms with Crippen molar-refractivity contribution in [3.05, 3.63) is 0 Å². The molecule has 0 aromatic rings. The van der Waals surface area contributed by atoms with Crippen molar-refractivity contribution in [3.8, 4) is 0 Å². The summed E-state index contributed by atoms with van der Waals surface area (Å²) in [5.41, 5.74) is 0. The van der Waals surface area contributed by atoms with Crippen molar-refractivity contribution in [2.45, 2.75) is 119 Å². The van der Waals surface area contributed by atoms with Gasteiger partial charge in [-0.3, -0.25) is 0 Å². The molecule has 3 aliphatic heterocycles. The molecular weight excluding hydrogens is 544 g/mol. The topological polar surface area (TPSA) is 258 Å². The summed E-state index contributed by atoms with van der Waals surface area (Å²) in [7, 11) is 0. The minimum absolute atomic E-state index is 0.0305. The average Bonchev–Trinajstić information content (AvgIpc) is 2.92. The fourth-order valence-corrected chi connectivity index (χ4v) is 5.00. The van der Waals surface area contributed by atoms with Crippen LogP contribution in [0.4, 0.5) is 0 Å². The molecule has 40 heavy (non-hydrogen) atoms. The van der Waals surface area contributed by atoms with Crippen LogP contribution in [0.15, 0.2) is 0 Å². The molecule has 0 saturated carbocycles. The lowest BCUT2D eigenvalue weighted by molar-refractivity contribution is -0.315. The molecule has 10 N–H and O–H groups in total. The summed E-state index contributed by atoms with van der Waals surface area (Å²) < 4.78 is 33.1. The molecule has 16 nitrogen and oxygen atoms in total. The fourth-order valence-electron chi connectivity index (χ4n) is 5.00. The summed E-state index contributed by atoms with van der Waals surface area (Å²) in [6.45, 7) is 1.91. The van der Waals surface area contributed by atoms with E-state index in [0.717, 1.165) is 0 Å². The Morgan fingerprint density at radius 2 is 0.975 bits per heavy atom. The predicted molar refractivity (Wildman–Crippen MR) is 129 cm³/mol. The quantitative estimate of drug-likeness (QED) is 0.102. The van der Waals surface area contributed by atoms with E-state index in [1.54, 1.807) is 13.8 Å². The SMILES string of the molecule is CC(C)OC1OC(CCOC2OC(CO)C(O)C(O)C2O)C(O)C(CCOC2OC(CO)C(O)C(O)C2O)C1O. The molecule has 236 valence electrons. The minimum atomic E-state index is -1.62. The molecule has 0 aromatic heterocycles. The van der Waals surface area contributed by atoms with E-state index in [-0.39, 0.29) is 32.2 Å². The molecule has 15 unspecified atom stereocenters. The van der Waals surface area contributed by atoms with Crippen LogP contribution in [0, 0.1) is 5.92 Å². The number of aliphatic hydroxyl groups is 10. The Morgan fingerprint density at radius 1 is 0.525 bits per heavy atom. The first-order chi connectivity index (χ1) is 18.9. The highest BCUT2D eigenvalue weighted by molar-refractivity contribution is 4.92. The maximum Gasteiger partial charge on any atom is 0.186 e. The monoisotopic (exact) mass is 588 g/mol. The van der Waals surface area contributed by atoms with Gasteiger partial charge in [0.15, 0.2) is 18.9 Å². The maximum absolute atomic E-state index is 11.0. The van der Waals surface area contributed by atoms with E-state index in [9.17, 15) is 51.1 Å². The van der Waals surface area contributed by atoms with Gasteiger partial charge in [0.05, 0.1) is 44.7 Å². The van der Waals surface area contributed by atoms with E-state index in [0.29, 0.717) is 0 Å². The first-order valence-electron chi connectivity index (χ1n) is 13.4. The van der Waals surface area contributed by atoms with Crippen molar-refractivity contribution in [1.29, 1.82) is 0 Å². The lowest BCUT2D eigenvalue weighted by Gasteiger charge is -2.44. The van der Waals surface area contributed by atoms with Gasteiger partial charge in [0, 0.05) is 5.92 Å². The van der Waals surface area contributed by atoms with Crippen LogP contribution in [-0.2, 0) is 28.4 Å². The van der Waals surface area contributed by atoms with Crippen LogP contribution >= 0.6 is 0 Å². The van der Waals surface area contributed by atoms with E-state index >= 15 is 0 Å². The summed E-state index contributed by atoms with van der Waals surface area (Å²) in [5.74, 6) is -0.848. The molecule has 3 rings (SSSR count). The van der Waals surface area contributed by atoms with Crippen molar-refractivity contribution in [3.63, 3.8) is 0 Å². The van der Waals surface area contributed by atoms with Gasteiger partial charge in [0.25, 0.3) is 0 Å². The first-order valence-corrected chi connectivity index (χ1v) is 13.4. The number of rotatable bonds is 12. The van der Waals surface area contributed by atoms with Crippen LogP contribution in [0.1, 0.15) is 26.7 Å². The first kappa shape index (κ1) is 33.9. The second kappa shape index (κ2) is 15.2. The Hall–Kier alpha value is -0.640. The van der Waals surface area contributed by atoms with Crippen LogP contribution in [-0.4, -0.2) is 170 Å². The highest BCUT2D eigenvalue weighted by Crippen LogP contribution is 2.32. The molecule has 16 heteroatoms. The lowest BCUT2D eigenvalue weighted by atomic mass is 9.85. The predicted octanol–water partition coefficient (Wildman–Crippen LogP) is -5.11. The van der Waals surface area contributed by atoms with Crippen molar-refractivity contribution < 1.29 is 79.5 Å². The Kier molecular flexibility index (Phi) is 12.9. The third kappa shape index (κ3) is 7.84. The van der Waals surface area contributed by atoms with Gasteiger partial charge in [-0.05, 0) is 26.7 Å². The van der Waals surface area contributed by atoms with Crippen LogP contribution in [0.25, 0.3) is 0 Å². The maximum atomic E-state index is 11.0. The Labute approximate surface area is 231 Å². The van der Waals surface area contributed by atoms with Crippen LogP contribution in [0.3, 0.4) is 0 Å². The summed E-state index contributed by atoms with van der Waals surface area (Å²) in [6.07, 6.45) is -19.4. The van der Waals surface area contributed by atoms with E-state index < -0.39 is 105 Å². The third-order valence-electron chi connectivity index (χ3n) is 7.37. The average molecular weight is 589 g/mol. The minimum Gasteiger partial charge on any atom is -0.394 e. The lowest BCUT2D eigenvalue weighted by Crippen LogP contribution is -2.59. The molecule has 0 radical (unpaired) electrons. The smallest absolute Gasteiger partial charge is 0.186 e. The molecule has 0 aromatic carbocycles. The second-order valence-electron chi connectivity index (χ2n) is 10.6. The van der Waals surface area contributed by atoms with Gasteiger partial charge in [-0.1, -0.05) is 0 Å². The van der Waals surface area contributed by atoms with Gasteiger partial charge in [-0.25, -0.2) is 0 Å². The Morgan fingerprint density at radius 3 is 1.43 bits per heavy atom. The zero-order valence-corrected chi connectivity index (χ0v) is 22.4. The van der Waals surface area contributed by atoms with Crippen molar-refractivity contribution in [2.75, 3.05) is 26.4 Å². The van der Waals surface area contributed by atoms with Gasteiger partial charge < -0.3 is 79.5 Å². The van der Waals surface area contributed by atoms with Gasteiger partial charge in [-0.2, -0.15) is 0 Å². The molecule has 3 aliphatic rings. The van der Waals surface area contributed by atoms with E-state index in [4.69, 9.17) is 28.4 Å². The number of ether oxygens (including phenoxy) is 6. The number of hydrogen-bond donors (Lipinski definition) is 10. The highest BCUT2D eigenvalue weighted by atomic mass is 16.7. The zero-order valence-electron chi connectivity index (χ0n) is 22.4. The largest absolute Gasteiger partial charge is 0.394 e. The van der Waals surface area contributed by atoms with Crippen molar-refractivity contribution >= 4 is 0 Å². The van der Waals surface area contributed by atoms with Gasteiger partial charge >= 0.3 is 0 Å². The molecule has 3 heterocycles. The van der Waals surface area contributed by atoms with Gasteiger partial charge in [0.1, 0.15) is 54.9 Å². The van der Waals surface area contributed by atoms with Crippen molar-refractivity contribution in [1.82, 2.24) is 0 Å². The van der Waals surface area contributed by atoms with Gasteiger partial charge in [-0.15, -0.1) is 0 Å². The normalized spacial score (nSPS) is 46.6. The summed E-state index contributed by atoms with van der Waals surface area (Å²) >= 11 is 0. The Bertz CT molecular complexity index is 742. The molecular formula is C24H44O16. The zero-order chi connectivity index (χ0) is 29.7. The van der Waals surface area contributed by atoms with Crippen molar-refractivity contribution in [2.24, 2.45) is 5.92 Å². The molecule has 0 spiro atoms. The third-order valence-corrected chi connectivity index (χ3v) is 7.37. The van der Waals surface area contributed by atoms with Crippen LogP contribution in [0.5, 0.6) is 0 Å². The highest BCUT2D eigenvalue weighted by Gasteiger charge is 2.48. The molecule has 0 amide bonds. The number of hydrogen-bond acceptors (Lipinski definition) is 16. The van der Waals surface area contributed by atoms with E-state index in [1.807, 2.05) is 0 Å². The summed E-state index contributed by atoms with van der Waals surface area (Å²) in [6, 6.07) is 0. The van der Waals surface area contributed by atoms with Crippen LogP contribution < -0.4 is 0 Å². The number of aliphatic hydroxyl groups excluding tert-OH is 10. The Balaban J connectivity index is 1.59. The van der Waals surface area contributed by atoms with E-state index in [2.05, 4.69) is 0 Å². The van der Waals surface area contributed by atoms with Gasteiger partial charge in [0.2, 0.25) is 0 Å². The molecule has 0 bridgehead atoms. The standard InChI is InChI=1S/C24H44O16/c1-9(2)37-24-15(28)10(3-5-35-22-20(33)18(31)16(29)12(7-25)39-22)14(27)11(38-24)4-6-36-23-21(34)19(32)17(30)13(8-26)40-23/h9-34H,3-8H2,1-2H3. The summed E-state index contributed by atoms with van der Waals surface area (Å²) in [4.78, 5) is 0.